The largest absolute Gasteiger partial charge is 0.481 e. The molecule has 0 aliphatic heterocycles. The molecular weight excluding hydrogens is 277 g/mol. The second kappa shape index (κ2) is 5.37. The topological polar surface area (TPSA) is 68.0 Å². The van der Waals surface area contributed by atoms with Crippen molar-refractivity contribution in [3.63, 3.8) is 0 Å². The Bertz CT molecular complexity index is 583. The van der Waals surface area contributed by atoms with Gasteiger partial charge >= 0.3 is 5.97 Å². The maximum atomic E-state index is 10.5. The minimum atomic E-state index is -0.938. The van der Waals surface area contributed by atoms with Crippen LogP contribution in [0.5, 0.6) is 0 Å². The summed E-state index contributed by atoms with van der Waals surface area (Å²) in [6.45, 7) is 0.419. The zero-order valence-electron chi connectivity index (χ0n) is 9.18. The lowest BCUT2D eigenvalue weighted by Crippen LogP contribution is -2.01. The highest BCUT2D eigenvalue weighted by molar-refractivity contribution is 6.35. The molecular formula is C11H9Cl2N3O2. The lowest BCUT2D eigenvalue weighted by molar-refractivity contribution is -0.136. The minimum absolute atomic E-state index is 0.144. The molecule has 1 N–H and O–H groups in total. The van der Waals surface area contributed by atoms with Gasteiger partial charge in [-0.2, -0.15) is 0 Å². The van der Waals surface area contributed by atoms with E-state index in [1.54, 1.807) is 24.4 Å². The van der Waals surface area contributed by atoms with Crippen LogP contribution in [-0.4, -0.2) is 26.1 Å². The molecule has 0 atom stereocenters. The number of halogens is 2. The Morgan fingerprint density at radius 2 is 2.17 bits per heavy atom. The first-order chi connectivity index (χ1) is 8.54. The highest BCUT2D eigenvalue weighted by Gasteiger charge is 2.07. The van der Waals surface area contributed by atoms with Crippen molar-refractivity contribution in [2.45, 2.75) is 13.0 Å². The molecule has 1 heterocycles. The normalized spacial score (nSPS) is 10.6. The zero-order chi connectivity index (χ0) is 13.1. The Labute approximate surface area is 113 Å². The van der Waals surface area contributed by atoms with Crippen molar-refractivity contribution in [1.29, 1.82) is 0 Å². The van der Waals surface area contributed by atoms with Gasteiger partial charge in [-0.15, -0.1) is 5.10 Å². The van der Waals surface area contributed by atoms with Crippen LogP contribution in [0.2, 0.25) is 10.0 Å². The number of carbonyl (C=O) groups is 1. The zero-order valence-corrected chi connectivity index (χ0v) is 10.7. The first kappa shape index (κ1) is 12.9. The molecule has 0 aliphatic carbocycles. The highest BCUT2D eigenvalue weighted by Crippen LogP contribution is 2.21. The van der Waals surface area contributed by atoms with Crippen molar-refractivity contribution >= 4 is 29.2 Å². The van der Waals surface area contributed by atoms with Crippen molar-refractivity contribution < 1.29 is 9.90 Å². The lowest BCUT2D eigenvalue weighted by atomic mass is 10.2. The molecule has 0 aliphatic rings. The maximum absolute atomic E-state index is 10.5. The predicted molar refractivity (Wildman–Crippen MR) is 66.9 cm³/mol. The fraction of sp³-hybridized carbons (Fsp3) is 0.182. The van der Waals surface area contributed by atoms with Crippen LogP contribution in [-0.2, 0) is 17.8 Å². The molecule has 0 unspecified atom stereocenters. The Balaban J connectivity index is 2.13. The number of carboxylic acids is 1. The molecule has 1 aromatic heterocycles. The molecule has 0 fully saturated rings. The van der Waals surface area contributed by atoms with Gasteiger partial charge < -0.3 is 5.11 Å². The van der Waals surface area contributed by atoms with Gasteiger partial charge in [0.15, 0.2) is 0 Å². The van der Waals surface area contributed by atoms with Crippen molar-refractivity contribution in [2.75, 3.05) is 0 Å². The summed E-state index contributed by atoms with van der Waals surface area (Å²) in [5, 5.41) is 17.3. The Hall–Kier alpha value is -1.59. The van der Waals surface area contributed by atoms with Crippen molar-refractivity contribution in [3.05, 3.63) is 45.7 Å². The summed E-state index contributed by atoms with van der Waals surface area (Å²) < 4.78 is 1.54. The standard InChI is InChI=1S/C11H9Cl2N3O2/c12-8-2-1-7(10(13)3-8)5-16-6-9(14-15-16)4-11(17)18/h1-3,6H,4-5H2,(H,17,18). The molecule has 7 heteroatoms. The van der Waals surface area contributed by atoms with E-state index in [2.05, 4.69) is 10.3 Å². The summed E-state index contributed by atoms with van der Waals surface area (Å²) in [6.07, 6.45) is 1.44. The van der Waals surface area contributed by atoms with Crippen LogP contribution in [0, 0.1) is 0 Å². The van der Waals surface area contributed by atoms with E-state index in [4.69, 9.17) is 28.3 Å². The number of hydrogen-bond donors (Lipinski definition) is 1. The Kier molecular flexibility index (Phi) is 3.84. The second-order valence-corrected chi connectivity index (χ2v) is 4.56. The van der Waals surface area contributed by atoms with E-state index in [9.17, 15) is 4.79 Å². The molecule has 5 nitrogen and oxygen atoms in total. The van der Waals surface area contributed by atoms with E-state index >= 15 is 0 Å². The molecule has 0 spiro atoms. The molecule has 2 rings (SSSR count). The van der Waals surface area contributed by atoms with Crippen LogP contribution in [0.25, 0.3) is 0 Å². The van der Waals surface area contributed by atoms with Gasteiger partial charge in [-0.1, -0.05) is 34.5 Å². The molecule has 0 radical (unpaired) electrons. The SMILES string of the molecule is O=C(O)Cc1cn(Cc2ccc(Cl)cc2Cl)nn1. The quantitative estimate of drug-likeness (QED) is 0.936. The van der Waals surface area contributed by atoms with E-state index in [1.165, 1.54) is 4.68 Å². The highest BCUT2D eigenvalue weighted by atomic mass is 35.5. The van der Waals surface area contributed by atoms with E-state index < -0.39 is 5.97 Å². The van der Waals surface area contributed by atoms with Gasteiger partial charge in [0.05, 0.1) is 18.7 Å². The molecule has 0 saturated carbocycles. The number of hydrogen-bond acceptors (Lipinski definition) is 3. The first-order valence-corrected chi connectivity index (χ1v) is 5.85. The fourth-order valence-corrected chi connectivity index (χ4v) is 1.94. The van der Waals surface area contributed by atoms with Gasteiger partial charge in [0.25, 0.3) is 0 Å². The number of aromatic nitrogens is 3. The van der Waals surface area contributed by atoms with Crippen LogP contribution in [0.1, 0.15) is 11.3 Å². The average Bonchev–Trinajstić information content (AvgIpc) is 2.69. The lowest BCUT2D eigenvalue weighted by Gasteiger charge is -2.03. The monoisotopic (exact) mass is 285 g/mol. The van der Waals surface area contributed by atoms with Gasteiger partial charge in [0.2, 0.25) is 0 Å². The predicted octanol–water partition coefficient (Wildman–Crippen LogP) is 2.26. The minimum Gasteiger partial charge on any atom is -0.481 e. The first-order valence-electron chi connectivity index (χ1n) is 5.09. The molecule has 18 heavy (non-hydrogen) atoms. The third-order valence-electron chi connectivity index (χ3n) is 2.27. The number of rotatable bonds is 4. The summed E-state index contributed by atoms with van der Waals surface area (Å²) in [6, 6.07) is 5.18. The number of nitrogens with zero attached hydrogens (tertiary/aromatic N) is 3. The van der Waals surface area contributed by atoms with Gasteiger partial charge in [0.1, 0.15) is 0 Å². The maximum Gasteiger partial charge on any atom is 0.309 e. The van der Waals surface area contributed by atoms with Crippen molar-refractivity contribution in [1.82, 2.24) is 15.0 Å². The van der Waals surface area contributed by atoms with Gasteiger partial charge in [-0.3, -0.25) is 4.79 Å². The molecule has 0 bridgehead atoms. The summed E-state index contributed by atoms with van der Waals surface area (Å²) in [5.74, 6) is -0.938. The van der Waals surface area contributed by atoms with Crippen LogP contribution >= 0.6 is 23.2 Å². The van der Waals surface area contributed by atoms with Gasteiger partial charge in [0, 0.05) is 16.2 Å². The van der Waals surface area contributed by atoms with Crippen LogP contribution < -0.4 is 0 Å². The summed E-state index contributed by atoms with van der Waals surface area (Å²) in [7, 11) is 0. The number of aliphatic carboxylic acids is 1. The van der Waals surface area contributed by atoms with Crippen LogP contribution in [0.15, 0.2) is 24.4 Å². The third-order valence-corrected chi connectivity index (χ3v) is 2.85. The molecule has 0 amide bonds. The smallest absolute Gasteiger partial charge is 0.309 e. The fourth-order valence-electron chi connectivity index (χ4n) is 1.48. The molecule has 0 saturated heterocycles. The number of carboxylic acid groups (broad SMARTS) is 1. The van der Waals surface area contributed by atoms with E-state index in [0.717, 1.165) is 5.56 Å². The molecule has 2 aromatic rings. The van der Waals surface area contributed by atoms with E-state index in [1.807, 2.05) is 0 Å². The van der Waals surface area contributed by atoms with Crippen LogP contribution in [0.4, 0.5) is 0 Å². The van der Waals surface area contributed by atoms with Crippen molar-refractivity contribution in [3.8, 4) is 0 Å². The Morgan fingerprint density at radius 1 is 1.39 bits per heavy atom. The molecule has 1 aromatic carbocycles. The number of benzene rings is 1. The van der Waals surface area contributed by atoms with Crippen LogP contribution in [0.3, 0.4) is 0 Å². The summed E-state index contributed by atoms with van der Waals surface area (Å²) in [4.78, 5) is 10.5. The Morgan fingerprint density at radius 3 is 2.83 bits per heavy atom. The average molecular weight is 286 g/mol. The van der Waals surface area contributed by atoms with Gasteiger partial charge in [-0.25, -0.2) is 4.68 Å². The van der Waals surface area contributed by atoms with Crippen molar-refractivity contribution in [2.24, 2.45) is 0 Å². The van der Waals surface area contributed by atoms with E-state index in [-0.39, 0.29) is 6.42 Å². The second-order valence-electron chi connectivity index (χ2n) is 3.71. The summed E-state index contributed by atoms with van der Waals surface area (Å²) >= 11 is 11.8. The molecule has 94 valence electrons. The third kappa shape index (κ3) is 3.21. The van der Waals surface area contributed by atoms with Gasteiger partial charge in [-0.05, 0) is 17.7 Å². The summed E-state index contributed by atoms with van der Waals surface area (Å²) in [5.41, 5.74) is 1.25. The van der Waals surface area contributed by atoms with E-state index in [0.29, 0.717) is 22.3 Å².